The van der Waals surface area contributed by atoms with Crippen LogP contribution in [-0.2, 0) is 0 Å². The minimum absolute atomic E-state index is 0.0284. The second-order valence-electron chi connectivity index (χ2n) is 2.33. The summed E-state index contributed by atoms with van der Waals surface area (Å²) in [7, 11) is 0. The quantitative estimate of drug-likeness (QED) is 0.681. The van der Waals surface area contributed by atoms with E-state index in [1.54, 1.807) is 0 Å². The van der Waals surface area contributed by atoms with Gasteiger partial charge in [0, 0.05) is 10.6 Å². The fraction of sp³-hybridized carbons (Fsp3) is 0.125. The van der Waals surface area contributed by atoms with E-state index >= 15 is 0 Å². The van der Waals surface area contributed by atoms with Crippen molar-refractivity contribution in [2.24, 2.45) is 5.73 Å². The average Bonchev–Trinajstić information content (AvgIpc) is 2.01. The SMILES string of the molecule is NCC(=O)c1cc(O)cc(Cl)c1. The number of aromatic hydroxyl groups is 1. The second-order valence-corrected chi connectivity index (χ2v) is 2.76. The number of Topliss-reactive ketones (excluding diaryl/α,β-unsaturated/α-hetero) is 1. The van der Waals surface area contributed by atoms with E-state index in [9.17, 15) is 4.79 Å². The van der Waals surface area contributed by atoms with Crippen LogP contribution in [0.4, 0.5) is 0 Å². The minimum atomic E-state index is -0.243. The summed E-state index contributed by atoms with van der Waals surface area (Å²) in [5, 5.41) is 9.39. The summed E-state index contributed by atoms with van der Waals surface area (Å²) in [5.41, 5.74) is 5.47. The van der Waals surface area contributed by atoms with Gasteiger partial charge in [-0.3, -0.25) is 4.79 Å². The molecule has 1 aromatic carbocycles. The van der Waals surface area contributed by atoms with Crippen LogP contribution in [0.15, 0.2) is 18.2 Å². The molecule has 3 N–H and O–H groups in total. The van der Waals surface area contributed by atoms with Gasteiger partial charge >= 0.3 is 0 Å². The number of hydrogen-bond donors (Lipinski definition) is 2. The molecule has 4 heteroatoms. The number of phenols is 1. The highest BCUT2D eigenvalue weighted by Crippen LogP contribution is 2.19. The van der Waals surface area contributed by atoms with E-state index in [-0.39, 0.29) is 18.1 Å². The second kappa shape index (κ2) is 3.56. The molecule has 0 radical (unpaired) electrons. The van der Waals surface area contributed by atoms with Crippen molar-refractivity contribution in [3.63, 3.8) is 0 Å². The van der Waals surface area contributed by atoms with E-state index in [1.165, 1.54) is 18.2 Å². The number of rotatable bonds is 2. The van der Waals surface area contributed by atoms with Crippen LogP contribution in [0.1, 0.15) is 10.4 Å². The van der Waals surface area contributed by atoms with Gasteiger partial charge < -0.3 is 10.8 Å². The molecule has 0 aliphatic heterocycles. The van der Waals surface area contributed by atoms with Crippen LogP contribution >= 0.6 is 11.6 Å². The fourth-order valence-corrected chi connectivity index (χ4v) is 1.08. The molecule has 0 heterocycles. The molecule has 0 amide bonds. The molecular formula is C8H8ClNO2. The highest BCUT2D eigenvalue weighted by atomic mass is 35.5. The Balaban J connectivity index is 3.08. The van der Waals surface area contributed by atoms with Gasteiger partial charge in [0.25, 0.3) is 0 Å². The van der Waals surface area contributed by atoms with E-state index < -0.39 is 0 Å². The zero-order valence-corrected chi connectivity index (χ0v) is 7.01. The number of benzene rings is 1. The Morgan fingerprint density at radius 3 is 2.67 bits per heavy atom. The molecule has 0 spiro atoms. The molecule has 0 aliphatic rings. The Morgan fingerprint density at radius 2 is 2.17 bits per heavy atom. The minimum Gasteiger partial charge on any atom is -0.508 e. The van der Waals surface area contributed by atoms with E-state index in [1.807, 2.05) is 0 Å². The first-order valence-electron chi connectivity index (χ1n) is 3.36. The summed E-state index contributed by atoms with van der Waals surface area (Å²) in [4.78, 5) is 11.0. The summed E-state index contributed by atoms with van der Waals surface area (Å²) < 4.78 is 0. The van der Waals surface area contributed by atoms with Crippen molar-refractivity contribution >= 4 is 17.4 Å². The van der Waals surface area contributed by atoms with Crippen molar-refractivity contribution in [1.82, 2.24) is 0 Å². The molecule has 0 unspecified atom stereocenters. The number of ketones is 1. The maximum absolute atomic E-state index is 11.0. The zero-order chi connectivity index (χ0) is 9.14. The van der Waals surface area contributed by atoms with Crippen molar-refractivity contribution < 1.29 is 9.90 Å². The number of hydrogen-bond acceptors (Lipinski definition) is 3. The lowest BCUT2D eigenvalue weighted by atomic mass is 10.1. The maximum atomic E-state index is 11.0. The summed E-state index contributed by atoms with van der Waals surface area (Å²) in [6.45, 7) is -0.0835. The molecule has 3 nitrogen and oxygen atoms in total. The summed E-state index contributed by atoms with van der Waals surface area (Å²) in [5.74, 6) is -0.271. The third kappa shape index (κ3) is 1.96. The molecule has 0 saturated heterocycles. The lowest BCUT2D eigenvalue weighted by Gasteiger charge is -1.99. The lowest BCUT2D eigenvalue weighted by Crippen LogP contribution is -2.13. The Labute approximate surface area is 74.8 Å². The number of carbonyl (C=O) groups is 1. The molecule has 0 atom stereocenters. The first kappa shape index (κ1) is 9.03. The Kier molecular flexibility index (Phi) is 2.68. The van der Waals surface area contributed by atoms with Gasteiger partial charge in [-0.15, -0.1) is 0 Å². The summed E-state index contributed by atoms with van der Waals surface area (Å²) in [6.07, 6.45) is 0. The van der Waals surface area contributed by atoms with Crippen molar-refractivity contribution in [3.05, 3.63) is 28.8 Å². The van der Waals surface area contributed by atoms with Crippen LogP contribution in [-0.4, -0.2) is 17.4 Å². The molecule has 1 aromatic rings. The molecule has 0 aliphatic carbocycles. The van der Waals surface area contributed by atoms with Gasteiger partial charge in [0.1, 0.15) is 5.75 Å². The first-order valence-corrected chi connectivity index (χ1v) is 3.74. The van der Waals surface area contributed by atoms with Gasteiger partial charge in [-0.25, -0.2) is 0 Å². The smallest absolute Gasteiger partial charge is 0.176 e. The Bertz CT molecular complexity index is 292. The van der Waals surface area contributed by atoms with Crippen LogP contribution in [0, 0.1) is 0 Å². The number of halogens is 1. The maximum Gasteiger partial charge on any atom is 0.176 e. The monoisotopic (exact) mass is 185 g/mol. The van der Waals surface area contributed by atoms with Crippen molar-refractivity contribution in [3.8, 4) is 5.75 Å². The number of nitrogens with two attached hydrogens (primary N) is 1. The average molecular weight is 186 g/mol. The van der Waals surface area contributed by atoms with Gasteiger partial charge in [-0.2, -0.15) is 0 Å². The van der Waals surface area contributed by atoms with Gasteiger partial charge in [-0.05, 0) is 18.2 Å². The predicted octanol–water partition coefficient (Wildman–Crippen LogP) is 1.19. The van der Waals surface area contributed by atoms with Crippen LogP contribution in [0.25, 0.3) is 0 Å². The Hall–Kier alpha value is -1.06. The van der Waals surface area contributed by atoms with E-state index in [0.717, 1.165) is 0 Å². The van der Waals surface area contributed by atoms with Gasteiger partial charge in [0.05, 0.1) is 6.54 Å². The topological polar surface area (TPSA) is 63.3 Å². The lowest BCUT2D eigenvalue weighted by molar-refractivity contribution is 0.100. The van der Waals surface area contributed by atoms with E-state index in [2.05, 4.69) is 0 Å². The van der Waals surface area contributed by atoms with Crippen molar-refractivity contribution in [2.75, 3.05) is 6.54 Å². The van der Waals surface area contributed by atoms with Gasteiger partial charge in [0.15, 0.2) is 5.78 Å². The zero-order valence-electron chi connectivity index (χ0n) is 6.25. The van der Waals surface area contributed by atoms with E-state index in [4.69, 9.17) is 22.4 Å². The van der Waals surface area contributed by atoms with E-state index in [0.29, 0.717) is 10.6 Å². The molecule has 1 rings (SSSR count). The third-order valence-corrected chi connectivity index (χ3v) is 1.61. The van der Waals surface area contributed by atoms with Crippen LogP contribution in [0.3, 0.4) is 0 Å². The molecule has 0 saturated carbocycles. The van der Waals surface area contributed by atoms with Gasteiger partial charge in [-0.1, -0.05) is 11.6 Å². The van der Waals surface area contributed by atoms with Crippen molar-refractivity contribution in [1.29, 1.82) is 0 Å². The number of phenolic OH excluding ortho intramolecular Hbond substituents is 1. The van der Waals surface area contributed by atoms with Crippen LogP contribution < -0.4 is 5.73 Å². The fourth-order valence-electron chi connectivity index (χ4n) is 0.853. The molecule has 12 heavy (non-hydrogen) atoms. The molecule has 0 bridgehead atoms. The van der Waals surface area contributed by atoms with Crippen molar-refractivity contribution in [2.45, 2.75) is 0 Å². The highest BCUT2D eigenvalue weighted by Gasteiger charge is 2.05. The largest absolute Gasteiger partial charge is 0.508 e. The highest BCUT2D eigenvalue weighted by molar-refractivity contribution is 6.31. The molecule has 0 aromatic heterocycles. The predicted molar refractivity (Wildman–Crippen MR) is 46.5 cm³/mol. The standard InChI is InChI=1S/C8H8ClNO2/c9-6-1-5(8(12)4-10)2-7(11)3-6/h1-3,11H,4,10H2. The third-order valence-electron chi connectivity index (χ3n) is 1.39. The normalized spacial score (nSPS) is 9.83. The number of carbonyl (C=O) groups excluding carboxylic acids is 1. The molecule has 0 fully saturated rings. The van der Waals surface area contributed by atoms with Crippen LogP contribution in [0.5, 0.6) is 5.75 Å². The molecular weight excluding hydrogens is 178 g/mol. The first-order chi connectivity index (χ1) is 5.63. The molecule has 64 valence electrons. The van der Waals surface area contributed by atoms with Crippen LogP contribution in [0.2, 0.25) is 5.02 Å². The van der Waals surface area contributed by atoms with Gasteiger partial charge in [0.2, 0.25) is 0 Å². The Morgan fingerprint density at radius 1 is 1.50 bits per heavy atom. The summed E-state index contributed by atoms with van der Waals surface area (Å²) >= 11 is 5.60. The summed E-state index contributed by atoms with van der Waals surface area (Å²) in [6, 6.07) is 4.16.